The number of hydrogen-bond acceptors (Lipinski definition) is 6. The van der Waals surface area contributed by atoms with Gasteiger partial charge in [-0.3, -0.25) is 0 Å². The quantitative estimate of drug-likeness (QED) is 0.835. The van der Waals surface area contributed by atoms with Gasteiger partial charge in [-0.05, 0) is 30.8 Å². The van der Waals surface area contributed by atoms with Gasteiger partial charge in [0.05, 0.1) is 6.10 Å². The number of nitriles is 1. The van der Waals surface area contributed by atoms with Crippen LogP contribution < -0.4 is 11.1 Å². The van der Waals surface area contributed by atoms with E-state index in [1.54, 1.807) is 7.11 Å². The summed E-state index contributed by atoms with van der Waals surface area (Å²) >= 11 is 1.25. The normalized spacial score (nSPS) is 24.2. The molecular weight excluding hydrogens is 224 g/mol. The number of methoxy groups -OCH3 is 1. The summed E-state index contributed by atoms with van der Waals surface area (Å²) in [6.07, 6.45) is 3.42. The Labute approximate surface area is 98.4 Å². The van der Waals surface area contributed by atoms with Crippen molar-refractivity contribution in [2.45, 2.75) is 31.4 Å². The molecule has 0 saturated heterocycles. The minimum absolute atomic E-state index is 0.316. The number of ether oxygens (including phenoxy) is 1. The van der Waals surface area contributed by atoms with Gasteiger partial charge >= 0.3 is 0 Å². The number of nitrogens with one attached hydrogen (secondary N) is 1. The van der Waals surface area contributed by atoms with E-state index >= 15 is 0 Å². The van der Waals surface area contributed by atoms with Gasteiger partial charge in [-0.1, -0.05) is 0 Å². The second-order valence-electron chi connectivity index (χ2n) is 3.90. The minimum Gasteiger partial charge on any atom is -0.382 e. The Morgan fingerprint density at radius 2 is 2.44 bits per heavy atom. The summed E-state index contributed by atoms with van der Waals surface area (Å²) in [5.41, 5.74) is 6.06. The first-order valence-corrected chi connectivity index (χ1v) is 5.96. The third-order valence-corrected chi connectivity index (χ3v) is 3.68. The molecule has 3 N–H and O–H groups in total. The molecule has 0 spiro atoms. The minimum atomic E-state index is 0.316. The summed E-state index contributed by atoms with van der Waals surface area (Å²) in [5, 5.41) is 13.0. The molecule has 2 atom stereocenters. The van der Waals surface area contributed by atoms with Crippen molar-refractivity contribution in [2.75, 3.05) is 18.2 Å². The predicted molar refractivity (Wildman–Crippen MR) is 63.3 cm³/mol. The van der Waals surface area contributed by atoms with Crippen molar-refractivity contribution in [1.29, 1.82) is 5.26 Å². The molecule has 0 aliphatic heterocycles. The van der Waals surface area contributed by atoms with Crippen molar-refractivity contribution in [2.24, 2.45) is 0 Å². The van der Waals surface area contributed by atoms with Crippen LogP contribution in [0.3, 0.4) is 0 Å². The third-order valence-electron chi connectivity index (χ3n) is 2.88. The Bertz CT molecular complexity index is 411. The Balaban J connectivity index is 2.02. The zero-order valence-electron chi connectivity index (χ0n) is 9.06. The zero-order valence-corrected chi connectivity index (χ0v) is 9.88. The highest BCUT2D eigenvalue weighted by Gasteiger charge is 2.25. The van der Waals surface area contributed by atoms with Gasteiger partial charge in [-0.25, -0.2) is 0 Å². The number of nitrogens with two attached hydrogens (primary N) is 1. The molecule has 1 fully saturated rings. The highest BCUT2D eigenvalue weighted by atomic mass is 32.1. The fourth-order valence-electron chi connectivity index (χ4n) is 1.98. The van der Waals surface area contributed by atoms with Crippen LogP contribution in [0, 0.1) is 11.3 Å². The molecule has 2 unspecified atom stereocenters. The van der Waals surface area contributed by atoms with E-state index in [1.807, 2.05) is 0 Å². The maximum absolute atomic E-state index is 8.93. The Morgan fingerprint density at radius 1 is 1.62 bits per heavy atom. The lowest BCUT2D eigenvalue weighted by molar-refractivity contribution is 0.108. The van der Waals surface area contributed by atoms with E-state index < -0.39 is 0 Å². The molecule has 2 rings (SSSR count). The highest BCUT2D eigenvalue weighted by Crippen LogP contribution is 2.30. The highest BCUT2D eigenvalue weighted by molar-refractivity contribution is 7.10. The van der Waals surface area contributed by atoms with Crippen molar-refractivity contribution < 1.29 is 4.74 Å². The fraction of sp³-hybridized carbons (Fsp3) is 0.600. The number of nitrogens with zero attached hydrogens (tertiary/aromatic N) is 2. The molecule has 1 aromatic heterocycles. The molecule has 5 nitrogen and oxygen atoms in total. The summed E-state index contributed by atoms with van der Waals surface area (Å²) in [5.74, 6) is 0.316. The number of nitrogen functional groups attached to an aromatic ring is 1. The molecule has 6 heteroatoms. The second kappa shape index (κ2) is 4.68. The van der Waals surface area contributed by atoms with Crippen LogP contribution >= 0.6 is 11.5 Å². The molecule has 1 aliphatic rings. The molecule has 0 bridgehead atoms. The van der Waals surface area contributed by atoms with E-state index in [0.717, 1.165) is 24.3 Å². The lowest BCUT2D eigenvalue weighted by atomic mass is 10.2. The van der Waals surface area contributed by atoms with Crippen molar-refractivity contribution in [1.82, 2.24) is 4.37 Å². The first kappa shape index (κ1) is 11.2. The topological polar surface area (TPSA) is 84.0 Å². The van der Waals surface area contributed by atoms with Crippen molar-refractivity contribution in [3.8, 4) is 6.07 Å². The van der Waals surface area contributed by atoms with Crippen LogP contribution in [-0.4, -0.2) is 23.6 Å². The average molecular weight is 238 g/mol. The van der Waals surface area contributed by atoms with E-state index in [1.165, 1.54) is 11.5 Å². The van der Waals surface area contributed by atoms with Crippen LogP contribution in [0.15, 0.2) is 0 Å². The van der Waals surface area contributed by atoms with Gasteiger partial charge in [-0.2, -0.15) is 9.64 Å². The van der Waals surface area contributed by atoms with Crippen molar-refractivity contribution in [3.63, 3.8) is 0 Å². The van der Waals surface area contributed by atoms with E-state index in [2.05, 4.69) is 15.8 Å². The second-order valence-corrected chi connectivity index (χ2v) is 4.67. The van der Waals surface area contributed by atoms with Gasteiger partial charge in [-0.15, -0.1) is 0 Å². The number of rotatable bonds is 3. The smallest absolute Gasteiger partial charge is 0.157 e. The largest absolute Gasteiger partial charge is 0.382 e. The summed E-state index contributed by atoms with van der Waals surface area (Å²) in [6.45, 7) is 0. The zero-order chi connectivity index (χ0) is 11.5. The molecule has 1 aromatic rings. The summed E-state index contributed by atoms with van der Waals surface area (Å²) < 4.78 is 9.27. The first-order valence-electron chi connectivity index (χ1n) is 5.19. The molecule has 1 aliphatic carbocycles. The van der Waals surface area contributed by atoms with Gasteiger partial charge in [0.1, 0.15) is 16.6 Å². The van der Waals surface area contributed by atoms with E-state index in [4.69, 9.17) is 15.7 Å². The fourth-order valence-corrected chi connectivity index (χ4v) is 2.72. The van der Waals surface area contributed by atoms with E-state index in [-0.39, 0.29) is 0 Å². The average Bonchev–Trinajstić information content (AvgIpc) is 2.86. The Kier molecular flexibility index (Phi) is 3.27. The lowest BCUT2D eigenvalue weighted by Crippen LogP contribution is -2.17. The van der Waals surface area contributed by atoms with Crippen molar-refractivity contribution in [3.05, 3.63) is 5.56 Å². The predicted octanol–water partition coefficient (Wildman–Crippen LogP) is 1.58. The molecule has 16 heavy (non-hydrogen) atoms. The van der Waals surface area contributed by atoms with Crippen LogP contribution in [0.1, 0.15) is 24.8 Å². The summed E-state index contributed by atoms with van der Waals surface area (Å²) in [6, 6.07) is 2.43. The molecule has 1 heterocycles. The standard InChI is InChI=1S/C10H14N4OS/c1-15-7-3-2-6(4-7)13-10-8(5-11)9(12)14-16-10/h6-7,13H,2-4H2,1H3,(H2,12,14). The monoisotopic (exact) mass is 238 g/mol. The molecule has 86 valence electrons. The van der Waals surface area contributed by atoms with Gasteiger partial charge in [0.2, 0.25) is 0 Å². The van der Waals surface area contributed by atoms with Crippen LogP contribution in [0.2, 0.25) is 0 Å². The molecule has 0 aromatic carbocycles. The van der Waals surface area contributed by atoms with Crippen LogP contribution in [0.5, 0.6) is 0 Å². The Morgan fingerprint density at radius 3 is 3.06 bits per heavy atom. The van der Waals surface area contributed by atoms with Gasteiger partial charge in [0.15, 0.2) is 5.82 Å². The summed E-state index contributed by atoms with van der Waals surface area (Å²) in [4.78, 5) is 0. The van der Waals surface area contributed by atoms with E-state index in [0.29, 0.717) is 23.5 Å². The third kappa shape index (κ3) is 2.10. The van der Waals surface area contributed by atoms with Gasteiger partial charge in [0.25, 0.3) is 0 Å². The summed E-state index contributed by atoms with van der Waals surface area (Å²) in [7, 11) is 1.73. The lowest BCUT2D eigenvalue weighted by Gasteiger charge is -2.12. The molecule has 1 saturated carbocycles. The van der Waals surface area contributed by atoms with Crippen molar-refractivity contribution >= 4 is 22.4 Å². The van der Waals surface area contributed by atoms with Gasteiger partial charge in [0, 0.05) is 13.2 Å². The molecular formula is C10H14N4OS. The maximum Gasteiger partial charge on any atom is 0.157 e. The van der Waals surface area contributed by atoms with Crippen LogP contribution in [0.4, 0.5) is 10.8 Å². The maximum atomic E-state index is 8.93. The number of aromatic nitrogens is 1. The van der Waals surface area contributed by atoms with Crippen LogP contribution in [-0.2, 0) is 4.74 Å². The first-order chi connectivity index (χ1) is 7.74. The van der Waals surface area contributed by atoms with Gasteiger partial charge < -0.3 is 15.8 Å². The molecule has 0 radical (unpaired) electrons. The number of anilines is 2. The van der Waals surface area contributed by atoms with E-state index in [9.17, 15) is 0 Å². The Hall–Kier alpha value is -1.32. The van der Waals surface area contributed by atoms with Crippen LogP contribution in [0.25, 0.3) is 0 Å². The SMILES string of the molecule is COC1CCC(Nc2snc(N)c2C#N)C1. The molecule has 0 amide bonds. The number of hydrogen-bond donors (Lipinski definition) is 2.